The molecule has 0 aliphatic carbocycles. The van der Waals surface area contributed by atoms with E-state index in [2.05, 4.69) is 62.2 Å². The Morgan fingerprint density at radius 2 is 1.56 bits per heavy atom. The number of pyridine rings is 1. The first kappa shape index (κ1) is 26.1. The lowest BCUT2D eigenvalue weighted by atomic mass is 10.1. The van der Waals surface area contributed by atoms with Crippen LogP contribution in [0.3, 0.4) is 0 Å². The third kappa shape index (κ3) is 4.78. The molecule has 0 radical (unpaired) electrons. The third-order valence-corrected chi connectivity index (χ3v) is 13.0. The Labute approximate surface area is 187 Å². The highest BCUT2D eigenvalue weighted by Gasteiger charge is 2.49. The number of rotatable bonds is 5. The van der Waals surface area contributed by atoms with E-state index in [0.29, 0.717) is 0 Å². The fourth-order valence-electron chi connectivity index (χ4n) is 4.35. The molecule has 0 unspecified atom stereocenters. The van der Waals surface area contributed by atoms with Crippen LogP contribution < -0.4 is 4.18 Å². The van der Waals surface area contributed by atoms with Gasteiger partial charge in [0.15, 0.2) is 0 Å². The molecule has 0 fully saturated rings. The Morgan fingerprint density at radius 3 is 2.03 bits per heavy atom. The van der Waals surface area contributed by atoms with Crippen molar-refractivity contribution in [2.75, 3.05) is 0 Å². The molecule has 0 aliphatic heterocycles. The molecule has 0 atom stereocenters. The zero-order valence-electron chi connectivity index (χ0n) is 19.1. The van der Waals surface area contributed by atoms with Crippen molar-refractivity contribution in [2.24, 2.45) is 0 Å². The molecule has 0 bridgehead atoms. The van der Waals surface area contributed by atoms with Gasteiger partial charge in [-0.15, -0.1) is 5.54 Å². The molecule has 0 N–H and O–H groups in total. The molecule has 2 aromatic rings. The molecule has 2 rings (SSSR count). The number of aryl methyl sites for hydroxylation is 1. The van der Waals surface area contributed by atoms with Crippen LogP contribution in [0.4, 0.5) is 17.6 Å². The average Bonchev–Trinajstić information content (AvgIpc) is 2.61. The van der Waals surface area contributed by atoms with Crippen LogP contribution >= 0.6 is 0 Å². The maximum Gasteiger partial charge on any atom is 0.534 e. The summed E-state index contributed by atoms with van der Waals surface area (Å²) in [7, 11) is -8.31. The van der Waals surface area contributed by atoms with Gasteiger partial charge in [-0.3, -0.25) is 0 Å². The predicted octanol–water partition coefficient (Wildman–Crippen LogP) is 6.48. The first-order valence-electron chi connectivity index (χ1n) is 10.2. The second kappa shape index (κ2) is 9.02. The smallest absolute Gasteiger partial charge is 0.355 e. The minimum Gasteiger partial charge on any atom is -0.355 e. The fourth-order valence-corrected chi connectivity index (χ4v) is 9.99. The van der Waals surface area contributed by atoms with Gasteiger partial charge in [-0.1, -0.05) is 53.5 Å². The number of fused-ring (bicyclic) bond motifs is 1. The molecule has 32 heavy (non-hydrogen) atoms. The average molecular weight is 490 g/mol. The number of benzene rings is 1. The summed E-state index contributed by atoms with van der Waals surface area (Å²) in [5.41, 5.74) is -1.66. The van der Waals surface area contributed by atoms with E-state index < -0.39 is 35.4 Å². The molecule has 10 heteroatoms. The highest BCUT2D eigenvalue weighted by Crippen LogP contribution is 2.41. The summed E-state index contributed by atoms with van der Waals surface area (Å²) >= 11 is 0. The first-order valence-corrected chi connectivity index (χ1v) is 13.8. The Hall–Kier alpha value is -2.12. The molecule has 0 saturated carbocycles. The van der Waals surface area contributed by atoms with E-state index in [1.165, 1.54) is 19.1 Å². The molecule has 0 saturated heterocycles. The van der Waals surface area contributed by atoms with Crippen molar-refractivity contribution in [2.45, 2.75) is 70.6 Å². The van der Waals surface area contributed by atoms with Crippen LogP contribution in [0.2, 0.25) is 16.6 Å². The predicted molar refractivity (Wildman–Crippen MR) is 120 cm³/mol. The van der Waals surface area contributed by atoms with Crippen LogP contribution in [0.15, 0.2) is 18.2 Å². The molecule has 1 aromatic carbocycles. The molecule has 1 heterocycles. The molecule has 0 aliphatic rings. The van der Waals surface area contributed by atoms with Crippen molar-refractivity contribution < 1.29 is 30.2 Å². The molecular weight excluding hydrogens is 462 g/mol. The Kier molecular flexibility index (Phi) is 7.37. The number of halogens is 4. The minimum atomic E-state index is -6.00. The van der Waals surface area contributed by atoms with Gasteiger partial charge in [-0.05, 0) is 41.1 Å². The highest BCUT2D eigenvalue weighted by molar-refractivity contribution is 7.88. The van der Waals surface area contributed by atoms with E-state index in [0.717, 1.165) is 6.07 Å². The van der Waals surface area contributed by atoms with Crippen LogP contribution in [-0.2, 0) is 10.1 Å². The Bertz CT molecular complexity index is 1160. The molecule has 0 amide bonds. The van der Waals surface area contributed by atoms with E-state index in [1.807, 2.05) is 0 Å². The molecule has 4 nitrogen and oxygen atoms in total. The Balaban J connectivity index is 2.88. The van der Waals surface area contributed by atoms with Crippen LogP contribution in [0.5, 0.6) is 5.88 Å². The van der Waals surface area contributed by atoms with Crippen molar-refractivity contribution in [3.05, 3.63) is 35.3 Å². The van der Waals surface area contributed by atoms with Crippen molar-refractivity contribution >= 4 is 29.0 Å². The molecule has 0 spiro atoms. The summed E-state index contributed by atoms with van der Waals surface area (Å²) in [5, 5.41) is 0.0802. The van der Waals surface area contributed by atoms with E-state index in [4.69, 9.17) is 0 Å². The molecule has 176 valence electrons. The summed E-state index contributed by atoms with van der Waals surface area (Å²) in [4.78, 5) is 3.83. The summed E-state index contributed by atoms with van der Waals surface area (Å²) in [6.45, 7) is 13.9. The third-order valence-electron chi connectivity index (χ3n) is 5.79. The van der Waals surface area contributed by atoms with Crippen molar-refractivity contribution in [1.82, 2.24) is 4.98 Å². The summed E-state index contributed by atoms with van der Waals surface area (Å²) in [5.74, 6) is 1.24. The van der Waals surface area contributed by atoms with Crippen molar-refractivity contribution in [3.8, 4) is 17.3 Å². The number of hydrogen-bond donors (Lipinski definition) is 0. The van der Waals surface area contributed by atoms with E-state index >= 15 is 0 Å². The second-order valence-electron chi connectivity index (χ2n) is 8.72. The highest BCUT2D eigenvalue weighted by atomic mass is 32.2. The number of aromatic nitrogens is 1. The number of hydrogen-bond acceptors (Lipinski definition) is 4. The van der Waals surface area contributed by atoms with Gasteiger partial charge in [0.25, 0.3) is 0 Å². The van der Waals surface area contributed by atoms with Gasteiger partial charge in [0.2, 0.25) is 5.88 Å². The van der Waals surface area contributed by atoms with Gasteiger partial charge in [0, 0.05) is 5.69 Å². The fraction of sp³-hybridized carbons (Fsp3) is 0.500. The summed E-state index contributed by atoms with van der Waals surface area (Å²) < 4.78 is 81.3. The molecule has 1 aromatic heterocycles. The maximum absolute atomic E-state index is 14.9. The lowest BCUT2D eigenvalue weighted by Gasteiger charge is -2.38. The van der Waals surface area contributed by atoms with Gasteiger partial charge >= 0.3 is 15.6 Å². The van der Waals surface area contributed by atoms with Gasteiger partial charge < -0.3 is 4.18 Å². The monoisotopic (exact) mass is 489 g/mol. The van der Waals surface area contributed by atoms with E-state index in [1.54, 1.807) is 0 Å². The van der Waals surface area contributed by atoms with Gasteiger partial charge in [-0.25, -0.2) is 9.37 Å². The normalized spacial score (nSPS) is 13.1. The zero-order valence-corrected chi connectivity index (χ0v) is 20.9. The van der Waals surface area contributed by atoms with Crippen LogP contribution in [0, 0.1) is 24.2 Å². The second-order valence-corrected chi connectivity index (χ2v) is 15.8. The topological polar surface area (TPSA) is 56.3 Å². The number of nitrogens with zero attached hydrogens (tertiary/aromatic N) is 1. The molecular formula is C22H27F4NO3SSi. The van der Waals surface area contributed by atoms with E-state index in [-0.39, 0.29) is 38.7 Å². The van der Waals surface area contributed by atoms with Crippen LogP contribution in [0.1, 0.15) is 52.8 Å². The standard InChI is InChI=1S/C22H27F4NO3SSi/c1-13(2)32(14(3)4,15(5)6)11-10-18-19(23)9-8-17-12-16(7)27-21(20(17)18)30-31(28,29)22(24,25)26/h8-9,12-15H,1-7H3. The lowest BCUT2D eigenvalue weighted by molar-refractivity contribution is -0.0500. The zero-order chi connectivity index (χ0) is 24.6. The number of alkyl halides is 3. The lowest BCUT2D eigenvalue weighted by Crippen LogP contribution is -2.43. The van der Waals surface area contributed by atoms with Gasteiger partial charge in [-0.2, -0.15) is 21.6 Å². The first-order chi connectivity index (χ1) is 14.5. The van der Waals surface area contributed by atoms with E-state index in [9.17, 15) is 26.0 Å². The van der Waals surface area contributed by atoms with Crippen LogP contribution in [0.25, 0.3) is 10.8 Å². The van der Waals surface area contributed by atoms with Crippen molar-refractivity contribution in [3.63, 3.8) is 0 Å². The minimum absolute atomic E-state index is 0.199. The van der Waals surface area contributed by atoms with Crippen LogP contribution in [-0.4, -0.2) is 27.0 Å². The van der Waals surface area contributed by atoms with Crippen molar-refractivity contribution in [1.29, 1.82) is 0 Å². The summed E-state index contributed by atoms with van der Waals surface area (Å²) in [6.07, 6.45) is 0. The van der Waals surface area contributed by atoms with Gasteiger partial charge in [0.05, 0.1) is 10.9 Å². The largest absolute Gasteiger partial charge is 0.534 e. The quantitative estimate of drug-likeness (QED) is 0.159. The Morgan fingerprint density at radius 1 is 1.03 bits per heavy atom. The van der Waals surface area contributed by atoms with Gasteiger partial charge in [0.1, 0.15) is 13.9 Å². The summed E-state index contributed by atoms with van der Waals surface area (Å²) in [6, 6.07) is 3.98. The SMILES string of the molecule is Cc1cc2ccc(F)c(C#C[Si](C(C)C)(C(C)C)C(C)C)c2c(OS(=O)(=O)C(F)(F)F)n1. The maximum atomic E-state index is 14.9.